The van der Waals surface area contributed by atoms with Crippen molar-refractivity contribution < 1.29 is 0 Å². The highest BCUT2D eigenvalue weighted by atomic mass is 28.3. The normalized spacial score (nSPS) is 47.1. The molecule has 0 spiro atoms. The van der Waals surface area contributed by atoms with Crippen LogP contribution in [0.4, 0.5) is 0 Å². The summed E-state index contributed by atoms with van der Waals surface area (Å²) < 4.78 is 0. The number of rotatable bonds is 2. The minimum absolute atomic E-state index is 1.05. The van der Waals surface area contributed by atoms with E-state index >= 15 is 0 Å². The Kier molecular flexibility index (Phi) is 4.01. The van der Waals surface area contributed by atoms with E-state index in [0.717, 1.165) is 11.8 Å². The summed E-state index contributed by atoms with van der Waals surface area (Å²) in [7, 11) is -1.05. The summed E-state index contributed by atoms with van der Waals surface area (Å²) in [6, 6.07) is 0. The lowest BCUT2D eigenvalue weighted by atomic mass is 9.81. The lowest BCUT2D eigenvalue weighted by Crippen LogP contribution is -2.43. The highest BCUT2D eigenvalue weighted by Gasteiger charge is 2.53. The standard InChI is InChI=1S/C20H36Si/c1-21(2,19-13-11-15-7-3-5-9-17(15)19)20-14-12-16-8-4-6-10-18(16)20/h15-20H,3-14H2,1-2H3/t15?,16?,17?,18?,19-,20?/m0/s1. The monoisotopic (exact) mass is 304 g/mol. The maximum absolute atomic E-state index is 2.83. The Hall–Kier alpha value is 0.217. The quantitative estimate of drug-likeness (QED) is 0.502. The maximum atomic E-state index is 2.83. The Balaban J connectivity index is 1.52. The van der Waals surface area contributed by atoms with Crippen LogP contribution in [-0.2, 0) is 0 Å². The van der Waals surface area contributed by atoms with Crippen molar-refractivity contribution in [2.45, 2.75) is 101 Å². The van der Waals surface area contributed by atoms with E-state index in [9.17, 15) is 0 Å². The zero-order chi connectivity index (χ0) is 14.4. The fourth-order valence-corrected chi connectivity index (χ4v) is 13.0. The Morgan fingerprint density at radius 1 is 0.524 bits per heavy atom. The van der Waals surface area contributed by atoms with E-state index < -0.39 is 8.07 Å². The van der Waals surface area contributed by atoms with E-state index in [-0.39, 0.29) is 0 Å². The number of hydrogen-bond donors (Lipinski definition) is 0. The molecule has 4 aliphatic carbocycles. The molecule has 0 aromatic carbocycles. The Labute approximate surface area is 133 Å². The first-order valence-electron chi connectivity index (χ1n) is 10.2. The third-order valence-electron chi connectivity index (χ3n) is 8.58. The largest absolute Gasteiger partial charge is 0.0689 e. The van der Waals surface area contributed by atoms with Crippen LogP contribution in [0.3, 0.4) is 0 Å². The number of hydrogen-bond acceptors (Lipinski definition) is 0. The van der Waals surface area contributed by atoms with Gasteiger partial charge in [0, 0.05) is 0 Å². The van der Waals surface area contributed by atoms with E-state index in [1.807, 2.05) is 0 Å². The molecule has 4 fully saturated rings. The Morgan fingerprint density at radius 2 is 0.952 bits per heavy atom. The van der Waals surface area contributed by atoms with Gasteiger partial charge in [-0.25, -0.2) is 0 Å². The summed E-state index contributed by atoms with van der Waals surface area (Å²) in [6.07, 6.45) is 19.0. The lowest BCUT2D eigenvalue weighted by molar-refractivity contribution is 0.263. The van der Waals surface area contributed by atoms with Crippen molar-refractivity contribution in [2.75, 3.05) is 0 Å². The average molecular weight is 305 g/mol. The van der Waals surface area contributed by atoms with Crippen LogP contribution in [-0.4, -0.2) is 8.07 Å². The highest BCUT2D eigenvalue weighted by Crippen LogP contribution is 2.61. The van der Waals surface area contributed by atoms with Crippen molar-refractivity contribution >= 4 is 8.07 Å². The van der Waals surface area contributed by atoms with Crippen molar-refractivity contribution in [3.05, 3.63) is 0 Å². The topological polar surface area (TPSA) is 0 Å². The third-order valence-corrected chi connectivity index (χ3v) is 13.8. The smallest absolute Gasteiger partial charge is 0.0541 e. The predicted octanol–water partition coefficient (Wildman–Crippen LogP) is 6.64. The van der Waals surface area contributed by atoms with Gasteiger partial charge in [-0.05, 0) is 34.8 Å². The minimum Gasteiger partial charge on any atom is -0.0689 e. The fourth-order valence-electron chi connectivity index (χ4n) is 7.59. The first-order valence-corrected chi connectivity index (χ1v) is 13.3. The second-order valence-electron chi connectivity index (χ2n) is 9.61. The van der Waals surface area contributed by atoms with Gasteiger partial charge in [-0.1, -0.05) is 90.1 Å². The van der Waals surface area contributed by atoms with Crippen molar-refractivity contribution in [3.8, 4) is 0 Å². The van der Waals surface area contributed by atoms with Gasteiger partial charge in [-0.3, -0.25) is 0 Å². The van der Waals surface area contributed by atoms with Crippen molar-refractivity contribution in [1.82, 2.24) is 0 Å². The second-order valence-corrected chi connectivity index (χ2v) is 14.7. The molecule has 0 N–H and O–H groups in total. The summed E-state index contributed by atoms with van der Waals surface area (Å²) >= 11 is 0. The highest BCUT2D eigenvalue weighted by molar-refractivity contribution is 6.80. The van der Waals surface area contributed by atoms with Gasteiger partial charge >= 0.3 is 0 Å². The van der Waals surface area contributed by atoms with Crippen LogP contribution in [0.15, 0.2) is 0 Å². The van der Waals surface area contributed by atoms with Gasteiger partial charge in [0.05, 0.1) is 8.07 Å². The van der Waals surface area contributed by atoms with E-state index in [1.54, 1.807) is 77.0 Å². The van der Waals surface area contributed by atoms with E-state index in [4.69, 9.17) is 0 Å². The minimum atomic E-state index is -1.05. The Bertz CT molecular complexity index is 340. The molecule has 0 heterocycles. The average Bonchev–Trinajstić information content (AvgIpc) is 3.12. The molecule has 0 amide bonds. The second kappa shape index (κ2) is 5.69. The molecule has 4 saturated carbocycles. The summed E-state index contributed by atoms with van der Waals surface area (Å²) in [5.41, 5.74) is 2.40. The molecule has 6 atom stereocenters. The third kappa shape index (κ3) is 2.46. The SMILES string of the molecule is C[Si](C)(C1CCC2CCCCC21)[C@H]1CCC2CCCCC21. The number of fused-ring (bicyclic) bond motifs is 2. The molecule has 21 heavy (non-hydrogen) atoms. The lowest BCUT2D eigenvalue weighted by Gasteiger charge is -2.45. The van der Waals surface area contributed by atoms with Crippen LogP contribution in [0.1, 0.15) is 77.0 Å². The molecular weight excluding hydrogens is 268 g/mol. The molecule has 4 rings (SSSR count). The van der Waals surface area contributed by atoms with E-state index in [2.05, 4.69) is 13.1 Å². The van der Waals surface area contributed by atoms with Crippen molar-refractivity contribution in [3.63, 3.8) is 0 Å². The van der Waals surface area contributed by atoms with Gasteiger partial charge in [0.2, 0.25) is 0 Å². The summed E-state index contributed by atoms with van der Waals surface area (Å²) in [4.78, 5) is 0. The first-order chi connectivity index (χ1) is 10.2. The predicted molar refractivity (Wildman–Crippen MR) is 94.3 cm³/mol. The zero-order valence-electron chi connectivity index (χ0n) is 14.4. The molecular formula is C20H36Si. The maximum Gasteiger partial charge on any atom is 0.0541 e. The fraction of sp³-hybridized carbons (Fsp3) is 1.00. The van der Waals surface area contributed by atoms with Crippen LogP contribution in [0, 0.1) is 23.7 Å². The molecule has 0 radical (unpaired) electrons. The molecule has 1 heteroatoms. The summed E-state index contributed by atoms with van der Waals surface area (Å²) in [5, 5.41) is 0. The van der Waals surface area contributed by atoms with Crippen LogP contribution in [0.5, 0.6) is 0 Å². The molecule has 0 nitrogen and oxygen atoms in total. The van der Waals surface area contributed by atoms with Gasteiger partial charge < -0.3 is 0 Å². The van der Waals surface area contributed by atoms with E-state index in [0.29, 0.717) is 0 Å². The van der Waals surface area contributed by atoms with Gasteiger partial charge in [0.1, 0.15) is 0 Å². The van der Waals surface area contributed by atoms with Crippen molar-refractivity contribution in [1.29, 1.82) is 0 Å². The summed E-state index contributed by atoms with van der Waals surface area (Å²) in [6.45, 7) is 5.66. The molecule has 0 aromatic heterocycles. The van der Waals surface area contributed by atoms with Gasteiger partial charge in [0.15, 0.2) is 0 Å². The zero-order valence-corrected chi connectivity index (χ0v) is 15.4. The van der Waals surface area contributed by atoms with Gasteiger partial charge in [-0.15, -0.1) is 0 Å². The molecule has 0 aliphatic heterocycles. The molecule has 0 aromatic rings. The first kappa shape index (κ1) is 14.8. The molecule has 4 aliphatic rings. The van der Waals surface area contributed by atoms with Crippen LogP contribution < -0.4 is 0 Å². The Morgan fingerprint density at radius 3 is 1.43 bits per heavy atom. The molecule has 0 bridgehead atoms. The van der Waals surface area contributed by atoms with Crippen LogP contribution >= 0.6 is 0 Å². The molecule has 0 saturated heterocycles. The van der Waals surface area contributed by atoms with Crippen molar-refractivity contribution in [2.24, 2.45) is 23.7 Å². The molecule has 120 valence electrons. The van der Waals surface area contributed by atoms with Gasteiger partial charge in [-0.2, -0.15) is 0 Å². The van der Waals surface area contributed by atoms with Gasteiger partial charge in [0.25, 0.3) is 0 Å². The van der Waals surface area contributed by atoms with Crippen LogP contribution in [0.2, 0.25) is 24.2 Å². The summed E-state index contributed by atoms with van der Waals surface area (Å²) in [5.74, 6) is 4.64. The molecule has 5 unspecified atom stereocenters. The van der Waals surface area contributed by atoms with Crippen LogP contribution in [0.25, 0.3) is 0 Å². The van der Waals surface area contributed by atoms with E-state index in [1.165, 1.54) is 22.9 Å².